The molecule has 0 aliphatic carbocycles. The minimum absolute atomic E-state index is 0.303. The molecule has 3 aromatic rings. The Kier molecular flexibility index (Phi) is 1.98. The molecule has 0 atom stereocenters. The lowest BCUT2D eigenvalue weighted by Crippen LogP contribution is -1.85. The minimum Gasteiger partial charge on any atom is -0.508 e. The lowest BCUT2D eigenvalue weighted by Gasteiger charge is -1.97. The fraction of sp³-hybridized carbons (Fsp3) is 0.0769. The standard InChI is InChI=1S/C13H10BrNO/c1-15-12-5-2-8(14)6-11(12)10-4-3-9(16)7-13(10)15/h2-7,16H,1H3. The fourth-order valence-electron chi connectivity index (χ4n) is 2.17. The monoisotopic (exact) mass is 275 g/mol. The van der Waals surface area contributed by atoms with Crippen LogP contribution in [0, 0.1) is 0 Å². The van der Waals surface area contributed by atoms with E-state index in [1.54, 1.807) is 12.1 Å². The van der Waals surface area contributed by atoms with Crippen molar-refractivity contribution in [2.24, 2.45) is 7.05 Å². The van der Waals surface area contributed by atoms with E-state index in [1.807, 2.05) is 19.2 Å². The zero-order chi connectivity index (χ0) is 11.3. The molecule has 1 N–H and O–H groups in total. The van der Waals surface area contributed by atoms with E-state index in [0.29, 0.717) is 5.75 Å². The smallest absolute Gasteiger partial charge is 0.117 e. The van der Waals surface area contributed by atoms with Crippen molar-refractivity contribution >= 4 is 37.7 Å². The maximum absolute atomic E-state index is 9.51. The Morgan fingerprint density at radius 2 is 1.81 bits per heavy atom. The van der Waals surface area contributed by atoms with Crippen LogP contribution in [0.5, 0.6) is 5.75 Å². The van der Waals surface area contributed by atoms with Crippen molar-refractivity contribution in [1.82, 2.24) is 4.57 Å². The Morgan fingerprint density at radius 1 is 1.00 bits per heavy atom. The van der Waals surface area contributed by atoms with Crippen molar-refractivity contribution in [1.29, 1.82) is 0 Å². The number of nitrogens with zero attached hydrogens (tertiary/aromatic N) is 1. The molecule has 80 valence electrons. The molecule has 2 aromatic carbocycles. The molecule has 3 heteroatoms. The molecular weight excluding hydrogens is 266 g/mol. The van der Waals surface area contributed by atoms with Gasteiger partial charge in [-0.05, 0) is 30.3 Å². The summed E-state index contributed by atoms with van der Waals surface area (Å²) in [6.45, 7) is 0. The van der Waals surface area contributed by atoms with Crippen molar-refractivity contribution in [3.63, 3.8) is 0 Å². The van der Waals surface area contributed by atoms with Gasteiger partial charge in [-0.3, -0.25) is 0 Å². The van der Waals surface area contributed by atoms with E-state index in [9.17, 15) is 5.11 Å². The predicted molar refractivity (Wildman–Crippen MR) is 69.8 cm³/mol. The number of halogens is 1. The largest absolute Gasteiger partial charge is 0.508 e. The maximum atomic E-state index is 9.51. The zero-order valence-corrected chi connectivity index (χ0v) is 10.3. The van der Waals surface area contributed by atoms with Gasteiger partial charge in [-0.1, -0.05) is 15.9 Å². The molecule has 0 unspecified atom stereocenters. The Morgan fingerprint density at radius 3 is 2.62 bits per heavy atom. The van der Waals surface area contributed by atoms with Gasteiger partial charge < -0.3 is 9.67 Å². The quantitative estimate of drug-likeness (QED) is 0.663. The molecule has 0 saturated heterocycles. The van der Waals surface area contributed by atoms with E-state index in [0.717, 1.165) is 15.4 Å². The summed E-state index contributed by atoms with van der Waals surface area (Å²) in [4.78, 5) is 0. The van der Waals surface area contributed by atoms with Gasteiger partial charge in [-0.2, -0.15) is 0 Å². The molecule has 0 saturated carbocycles. The number of benzene rings is 2. The third-order valence-electron chi connectivity index (χ3n) is 2.95. The number of hydrogen-bond donors (Lipinski definition) is 1. The van der Waals surface area contributed by atoms with E-state index in [-0.39, 0.29) is 0 Å². The summed E-state index contributed by atoms with van der Waals surface area (Å²) in [6, 6.07) is 11.7. The summed E-state index contributed by atoms with van der Waals surface area (Å²) in [6.07, 6.45) is 0. The zero-order valence-electron chi connectivity index (χ0n) is 8.74. The molecule has 3 rings (SSSR count). The van der Waals surface area contributed by atoms with Crippen LogP contribution < -0.4 is 0 Å². The first-order chi connectivity index (χ1) is 7.66. The molecule has 1 aromatic heterocycles. The second-order valence-corrected chi connectivity index (χ2v) is 4.84. The molecule has 1 heterocycles. The van der Waals surface area contributed by atoms with Crippen LogP contribution in [0.25, 0.3) is 21.8 Å². The van der Waals surface area contributed by atoms with Gasteiger partial charge in [0.25, 0.3) is 0 Å². The number of aromatic nitrogens is 1. The Labute approximate surface area is 101 Å². The van der Waals surface area contributed by atoms with Crippen LogP contribution in [-0.2, 0) is 7.05 Å². The summed E-state index contributed by atoms with van der Waals surface area (Å²) < 4.78 is 3.16. The summed E-state index contributed by atoms with van der Waals surface area (Å²) in [7, 11) is 2.01. The van der Waals surface area contributed by atoms with Gasteiger partial charge >= 0.3 is 0 Å². The van der Waals surface area contributed by atoms with Crippen molar-refractivity contribution in [2.75, 3.05) is 0 Å². The first-order valence-corrected chi connectivity index (χ1v) is 5.83. The van der Waals surface area contributed by atoms with Gasteiger partial charge in [0.15, 0.2) is 0 Å². The number of hydrogen-bond acceptors (Lipinski definition) is 1. The summed E-state index contributed by atoms with van der Waals surface area (Å²) in [5.74, 6) is 0.303. The average molecular weight is 276 g/mol. The highest BCUT2D eigenvalue weighted by atomic mass is 79.9. The van der Waals surface area contributed by atoms with Crippen molar-refractivity contribution in [2.45, 2.75) is 0 Å². The second-order valence-electron chi connectivity index (χ2n) is 3.92. The van der Waals surface area contributed by atoms with Crippen molar-refractivity contribution in [3.05, 3.63) is 40.9 Å². The molecule has 0 spiro atoms. The molecule has 0 aliphatic heterocycles. The molecule has 0 bridgehead atoms. The van der Waals surface area contributed by atoms with Crippen LogP contribution in [-0.4, -0.2) is 9.67 Å². The molecular formula is C13H10BrNO. The number of phenols is 1. The van der Waals surface area contributed by atoms with E-state index in [2.05, 4.69) is 32.6 Å². The van der Waals surface area contributed by atoms with Crippen LogP contribution >= 0.6 is 15.9 Å². The normalized spacial score (nSPS) is 11.4. The molecule has 0 radical (unpaired) electrons. The molecule has 0 amide bonds. The Balaban J connectivity index is 2.59. The topological polar surface area (TPSA) is 25.2 Å². The minimum atomic E-state index is 0.303. The Bertz CT molecular complexity index is 700. The molecule has 2 nitrogen and oxygen atoms in total. The van der Waals surface area contributed by atoms with Crippen molar-refractivity contribution in [3.8, 4) is 5.75 Å². The van der Waals surface area contributed by atoms with E-state index >= 15 is 0 Å². The van der Waals surface area contributed by atoms with E-state index < -0.39 is 0 Å². The predicted octanol–water partition coefficient (Wildman–Crippen LogP) is 3.80. The van der Waals surface area contributed by atoms with Crippen LogP contribution in [0.4, 0.5) is 0 Å². The van der Waals surface area contributed by atoms with Crippen LogP contribution in [0.1, 0.15) is 0 Å². The van der Waals surface area contributed by atoms with E-state index in [1.165, 1.54) is 10.9 Å². The molecule has 0 aliphatic rings. The first-order valence-electron chi connectivity index (χ1n) is 5.03. The number of aryl methyl sites for hydroxylation is 1. The van der Waals surface area contributed by atoms with Crippen LogP contribution in [0.15, 0.2) is 40.9 Å². The van der Waals surface area contributed by atoms with E-state index in [4.69, 9.17) is 0 Å². The van der Waals surface area contributed by atoms with Crippen LogP contribution in [0.3, 0.4) is 0 Å². The highest BCUT2D eigenvalue weighted by Gasteiger charge is 2.08. The highest BCUT2D eigenvalue weighted by molar-refractivity contribution is 9.10. The summed E-state index contributed by atoms with van der Waals surface area (Å²) in [5.41, 5.74) is 2.22. The van der Waals surface area contributed by atoms with Crippen molar-refractivity contribution < 1.29 is 5.11 Å². The lowest BCUT2D eigenvalue weighted by molar-refractivity contribution is 0.476. The highest BCUT2D eigenvalue weighted by Crippen LogP contribution is 2.31. The summed E-state index contributed by atoms with van der Waals surface area (Å²) >= 11 is 3.48. The summed E-state index contributed by atoms with van der Waals surface area (Å²) in [5, 5.41) is 11.9. The number of phenolic OH excluding ortho intramolecular Hbond substituents is 1. The molecule has 0 fully saturated rings. The fourth-order valence-corrected chi connectivity index (χ4v) is 2.53. The van der Waals surface area contributed by atoms with Gasteiger partial charge in [0.1, 0.15) is 5.75 Å². The lowest BCUT2D eigenvalue weighted by atomic mass is 10.1. The third-order valence-corrected chi connectivity index (χ3v) is 3.45. The molecule has 16 heavy (non-hydrogen) atoms. The first kappa shape index (κ1) is 9.73. The van der Waals surface area contributed by atoms with Gasteiger partial charge in [0, 0.05) is 33.9 Å². The van der Waals surface area contributed by atoms with Gasteiger partial charge in [0.2, 0.25) is 0 Å². The van der Waals surface area contributed by atoms with Gasteiger partial charge in [-0.25, -0.2) is 0 Å². The van der Waals surface area contributed by atoms with Crippen LogP contribution in [0.2, 0.25) is 0 Å². The number of fused-ring (bicyclic) bond motifs is 3. The Hall–Kier alpha value is -1.48. The average Bonchev–Trinajstić information content (AvgIpc) is 2.52. The second kappa shape index (κ2) is 3.25. The third kappa shape index (κ3) is 1.25. The number of rotatable bonds is 0. The maximum Gasteiger partial charge on any atom is 0.117 e. The SMILES string of the molecule is Cn1c2ccc(Br)cc2c2ccc(O)cc21. The number of aromatic hydroxyl groups is 1. The van der Waals surface area contributed by atoms with Gasteiger partial charge in [0.05, 0.1) is 5.52 Å². The van der Waals surface area contributed by atoms with Gasteiger partial charge in [-0.15, -0.1) is 0 Å².